The second-order valence-corrected chi connectivity index (χ2v) is 0.973. The predicted molar refractivity (Wildman–Crippen MR) is 27.9 cm³/mol. The molecule has 0 aliphatic rings. The molecule has 0 amide bonds. The van der Waals surface area contributed by atoms with E-state index in [1.54, 1.807) is 6.92 Å². The van der Waals surface area contributed by atoms with E-state index in [4.69, 9.17) is 0 Å². The maximum absolute atomic E-state index is 3.78. The minimum atomic E-state index is 0. The summed E-state index contributed by atoms with van der Waals surface area (Å²) in [7, 11) is 0. The van der Waals surface area contributed by atoms with Crippen molar-refractivity contribution in [1.82, 2.24) is 0 Å². The summed E-state index contributed by atoms with van der Waals surface area (Å²) in [5.41, 5.74) is 0. The van der Waals surface area contributed by atoms with Crippen molar-refractivity contribution in [3.63, 3.8) is 0 Å². The molecule has 0 aromatic rings. The number of hydrogen-bond donors (Lipinski definition) is 0. The van der Waals surface area contributed by atoms with E-state index in [9.17, 15) is 0 Å². The fourth-order valence-electron chi connectivity index (χ4n) is 0.183. The van der Waals surface area contributed by atoms with Crippen LogP contribution >= 0.6 is 0 Å². The molecule has 0 heterocycles. The Bertz CT molecular complexity index is 43.3. The molecule has 0 radical (unpaired) electrons. The summed E-state index contributed by atoms with van der Waals surface area (Å²) < 4.78 is 0. The van der Waals surface area contributed by atoms with Crippen molar-refractivity contribution >= 4 is 6.21 Å². The molecule has 0 atom stereocenters. The smallest absolute Gasteiger partial charge is 0.533 e. The SMILES string of the molecule is C[C-]=NC[CH-]C.[U+2]. The number of rotatable bonds is 2. The Morgan fingerprint density at radius 2 is 2.29 bits per heavy atom. The molecule has 0 aliphatic heterocycles. The van der Waals surface area contributed by atoms with E-state index in [-0.39, 0.29) is 31.1 Å². The zero-order valence-corrected chi connectivity index (χ0v) is 8.90. The van der Waals surface area contributed by atoms with E-state index in [1.165, 1.54) is 0 Å². The number of aliphatic imine (C=N–C) groups is 1. The van der Waals surface area contributed by atoms with E-state index < -0.39 is 0 Å². The molecule has 0 aromatic heterocycles. The standard InChI is InChI=1S/C5H9N.U/c1-3-5-6-4-2;/h3H,5H2,1-2H3;/q-2;+2. The minimum Gasteiger partial charge on any atom is -0.533 e. The van der Waals surface area contributed by atoms with Gasteiger partial charge in [0.15, 0.2) is 0 Å². The average Bonchev–Trinajstić information content (AvgIpc) is 1.61. The Morgan fingerprint density at radius 1 is 1.71 bits per heavy atom. The normalized spacial score (nSPS) is 8.86. The van der Waals surface area contributed by atoms with Crippen LogP contribution in [0.2, 0.25) is 0 Å². The van der Waals surface area contributed by atoms with Gasteiger partial charge in [0.1, 0.15) is 0 Å². The third-order valence-corrected chi connectivity index (χ3v) is 0.432. The third-order valence-electron chi connectivity index (χ3n) is 0.432. The van der Waals surface area contributed by atoms with Crippen LogP contribution in [0.15, 0.2) is 4.99 Å². The Morgan fingerprint density at radius 3 is 2.43 bits per heavy atom. The van der Waals surface area contributed by atoms with Crippen LogP contribution in [0, 0.1) is 37.5 Å². The fraction of sp³-hybridized carbons (Fsp3) is 0.600. The Hall–Kier alpha value is 0.722. The van der Waals surface area contributed by atoms with Gasteiger partial charge in [0.25, 0.3) is 0 Å². The summed E-state index contributed by atoms with van der Waals surface area (Å²) in [6, 6.07) is 0. The zero-order chi connectivity index (χ0) is 4.83. The molecule has 0 fully saturated rings. The van der Waals surface area contributed by atoms with Gasteiger partial charge in [-0.25, -0.2) is 0 Å². The molecule has 0 bridgehead atoms. The van der Waals surface area contributed by atoms with Gasteiger partial charge in [-0.05, 0) is 0 Å². The molecule has 0 saturated heterocycles. The molecule has 0 unspecified atom stereocenters. The molecular formula is C5H9NU. The first-order chi connectivity index (χ1) is 2.91. The molecule has 7 heavy (non-hydrogen) atoms. The van der Waals surface area contributed by atoms with Crippen LogP contribution in [-0.4, -0.2) is 12.8 Å². The van der Waals surface area contributed by atoms with Crippen molar-refractivity contribution in [1.29, 1.82) is 0 Å². The van der Waals surface area contributed by atoms with Gasteiger partial charge in [-0.1, -0.05) is 0 Å². The quantitative estimate of drug-likeness (QED) is 0.535. The Kier molecular flexibility index (Phi) is 15.0. The van der Waals surface area contributed by atoms with Gasteiger partial charge in [-0.2, -0.15) is 13.8 Å². The molecule has 0 saturated carbocycles. The summed E-state index contributed by atoms with van der Waals surface area (Å²) in [5.74, 6) is 0. The van der Waals surface area contributed by atoms with Crippen LogP contribution in [-0.2, 0) is 0 Å². The summed E-state index contributed by atoms with van der Waals surface area (Å²) in [6.07, 6.45) is 4.64. The first-order valence-electron chi connectivity index (χ1n) is 2.03. The first-order valence-corrected chi connectivity index (χ1v) is 2.03. The van der Waals surface area contributed by atoms with Crippen molar-refractivity contribution in [2.75, 3.05) is 6.54 Å². The van der Waals surface area contributed by atoms with Crippen molar-refractivity contribution in [2.45, 2.75) is 13.8 Å². The van der Waals surface area contributed by atoms with Gasteiger partial charge >= 0.3 is 31.1 Å². The van der Waals surface area contributed by atoms with Gasteiger partial charge in [0.05, 0.1) is 0 Å². The molecular weight excluding hydrogens is 312 g/mol. The van der Waals surface area contributed by atoms with Crippen molar-refractivity contribution in [3.05, 3.63) is 6.42 Å². The van der Waals surface area contributed by atoms with Crippen molar-refractivity contribution < 1.29 is 31.1 Å². The second-order valence-electron chi connectivity index (χ2n) is 0.973. The largest absolute Gasteiger partial charge is 2.00 e. The molecule has 38 valence electrons. The fourth-order valence-corrected chi connectivity index (χ4v) is 0.183. The van der Waals surface area contributed by atoms with Crippen molar-refractivity contribution in [2.24, 2.45) is 4.99 Å². The summed E-state index contributed by atoms with van der Waals surface area (Å²) >= 11 is 0. The van der Waals surface area contributed by atoms with E-state index in [0.717, 1.165) is 6.54 Å². The van der Waals surface area contributed by atoms with Crippen LogP contribution in [0.4, 0.5) is 0 Å². The first kappa shape index (κ1) is 10.7. The molecule has 0 N–H and O–H groups in total. The summed E-state index contributed by atoms with van der Waals surface area (Å²) in [6.45, 7) is 4.57. The monoisotopic (exact) mass is 321 g/mol. The van der Waals surface area contributed by atoms with Crippen LogP contribution in [0.1, 0.15) is 13.8 Å². The topological polar surface area (TPSA) is 12.4 Å². The van der Waals surface area contributed by atoms with Gasteiger partial charge in [-0.15, -0.1) is 6.54 Å². The Balaban J connectivity index is 0. The van der Waals surface area contributed by atoms with Gasteiger partial charge < -0.3 is 17.6 Å². The van der Waals surface area contributed by atoms with Gasteiger partial charge in [0, 0.05) is 0 Å². The molecule has 0 rings (SSSR count). The number of hydrogen-bond acceptors (Lipinski definition) is 1. The number of nitrogens with zero attached hydrogens (tertiary/aromatic N) is 1. The van der Waals surface area contributed by atoms with E-state index in [2.05, 4.69) is 11.2 Å². The third kappa shape index (κ3) is 10.8. The summed E-state index contributed by atoms with van der Waals surface area (Å²) in [4.78, 5) is 3.78. The molecule has 0 aliphatic carbocycles. The predicted octanol–water partition coefficient (Wildman–Crippen LogP) is 1.18. The molecule has 1 nitrogen and oxygen atoms in total. The van der Waals surface area contributed by atoms with E-state index in [0.29, 0.717) is 0 Å². The molecule has 2 heteroatoms. The second kappa shape index (κ2) is 9.87. The van der Waals surface area contributed by atoms with Crippen molar-refractivity contribution in [3.8, 4) is 0 Å². The Labute approximate surface area is 69.0 Å². The van der Waals surface area contributed by atoms with E-state index >= 15 is 0 Å². The van der Waals surface area contributed by atoms with Gasteiger partial charge in [0.2, 0.25) is 0 Å². The molecule has 0 aromatic carbocycles. The molecule has 0 spiro atoms. The van der Waals surface area contributed by atoms with Crippen LogP contribution in [0.25, 0.3) is 0 Å². The van der Waals surface area contributed by atoms with Gasteiger partial charge in [-0.3, -0.25) is 0 Å². The average molecular weight is 321 g/mol. The van der Waals surface area contributed by atoms with E-state index in [1.807, 2.05) is 13.3 Å². The van der Waals surface area contributed by atoms with Crippen LogP contribution < -0.4 is 0 Å². The minimum absolute atomic E-state index is 0. The van der Waals surface area contributed by atoms with Crippen LogP contribution in [0.3, 0.4) is 0 Å². The maximum Gasteiger partial charge on any atom is 2.00 e. The maximum atomic E-state index is 3.78. The zero-order valence-electron chi connectivity index (χ0n) is 4.73. The van der Waals surface area contributed by atoms with Crippen LogP contribution in [0.5, 0.6) is 0 Å². The summed E-state index contributed by atoms with van der Waals surface area (Å²) in [5, 5.41) is 0.